The third-order valence-corrected chi connectivity index (χ3v) is 4.76. The van der Waals surface area contributed by atoms with E-state index in [0.29, 0.717) is 28.9 Å². The summed E-state index contributed by atoms with van der Waals surface area (Å²) in [4.78, 5) is 0. The van der Waals surface area contributed by atoms with Crippen molar-refractivity contribution in [1.29, 1.82) is 0 Å². The van der Waals surface area contributed by atoms with Gasteiger partial charge in [0.1, 0.15) is 18.2 Å². The molecule has 0 N–H and O–H groups in total. The van der Waals surface area contributed by atoms with Crippen molar-refractivity contribution in [3.63, 3.8) is 0 Å². The van der Waals surface area contributed by atoms with E-state index in [9.17, 15) is 13.2 Å². The average molecular weight is 384 g/mol. The second-order valence-corrected chi connectivity index (χ2v) is 6.74. The van der Waals surface area contributed by atoms with Crippen molar-refractivity contribution in [2.75, 3.05) is 0 Å². The number of rotatable bonds is 7. The third kappa shape index (κ3) is 4.38. The van der Waals surface area contributed by atoms with Crippen LogP contribution in [0.5, 0.6) is 5.75 Å². The molecule has 28 heavy (non-hydrogen) atoms. The maximum atomic E-state index is 14.3. The Morgan fingerprint density at radius 3 is 2.14 bits per heavy atom. The van der Waals surface area contributed by atoms with Crippen LogP contribution < -0.4 is 4.74 Å². The lowest BCUT2D eigenvalue weighted by Crippen LogP contribution is -2.00. The molecule has 4 heteroatoms. The van der Waals surface area contributed by atoms with Crippen LogP contribution in [0.15, 0.2) is 54.6 Å². The summed E-state index contributed by atoms with van der Waals surface area (Å²) in [7, 11) is 0. The SMILES string of the molecule is CCCc1ccc(COc2ccc(-c3ccc(CC)c(F)c3F)cc2)c(F)c1. The summed E-state index contributed by atoms with van der Waals surface area (Å²) in [5, 5.41) is 0. The van der Waals surface area contributed by atoms with Gasteiger partial charge in [0, 0.05) is 11.1 Å². The summed E-state index contributed by atoms with van der Waals surface area (Å²) in [6.45, 7) is 3.94. The highest BCUT2D eigenvalue weighted by Crippen LogP contribution is 2.28. The topological polar surface area (TPSA) is 9.23 Å². The van der Waals surface area contributed by atoms with Crippen molar-refractivity contribution >= 4 is 0 Å². The van der Waals surface area contributed by atoms with Crippen LogP contribution in [0.25, 0.3) is 11.1 Å². The van der Waals surface area contributed by atoms with Crippen molar-refractivity contribution in [3.8, 4) is 16.9 Å². The van der Waals surface area contributed by atoms with Gasteiger partial charge < -0.3 is 4.74 Å². The molecule has 0 heterocycles. The fraction of sp³-hybridized carbons (Fsp3) is 0.250. The van der Waals surface area contributed by atoms with E-state index in [0.717, 1.165) is 18.4 Å². The van der Waals surface area contributed by atoms with Crippen LogP contribution in [0, 0.1) is 17.5 Å². The van der Waals surface area contributed by atoms with Gasteiger partial charge in [-0.05, 0) is 47.7 Å². The molecule has 0 fully saturated rings. The molecule has 0 aliphatic carbocycles. The highest BCUT2D eigenvalue weighted by Gasteiger charge is 2.14. The molecule has 3 rings (SSSR count). The molecule has 3 aromatic rings. The van der Waals surface area contributed by atoms with E-state index in [2.05, 4.69) is 6.92 Å². The molecule has 0 unspecified atom stereocenters. The minimum atomic E-state index is -0.845. The summed E-state index contributed by atoms with van der Waals surface area (Å²) >= 11 is 0. The van der Waals surface area contributed by atoms with Gasteiger partial charge in [-0.2, -0.15) is 0 Å². The Balaban J connectivity index is 1.71. The standard InChI is InChI=1S/C24H23F3O/c1-3-5-16-6-7-19(22(25)14-16)15-28-20-11-8-18(9-12-20)21-13-10-17(4-2)23(26)24(21)27/h6-14H,3-5,15H2,1-2H3. The summed E-state index contributed by atoms with van der Waals surface area (Å²) in [5.41, 5.74) is 2.57. The smallest absolute Gasteiger partial charge is 0.166 e. The van der Waals surface area contributed by atoms with Crippen LogP contribution in [0.2, 0.25) is 0 Å². The van der Waals surface area contributed by atoms with E-state index in [1.54, 1.807) is 55.5 Å². The number of halogens is 3. The van der Waals surface area contributed by atoms with Crippen LogP contribution in [0.3, 0.4) is 0 Å². The van der Waals surface area contributed by atoms with Crippen LogP contribution in [-0.4, -0.2) is 0 Å². The zero-order valence-corrected chi connectivity index (χ0v) is 16.1. The first-order valence-electron chi connectivity index (χ1n) is 9.50. The normalized spacial score (nSPS) is 10.9. The quantitative estimate of drug-likeness (QED) is 0.432. The number of ether oxygens (including phenoxy) is 1. The monoisotopic (exact) mass is 384 g/mol. The molecule has 146 valence electrons. The van der Waals surface area contributed by atoms with Gasteiger partial charge in [0.05, 0.1) is 0 Å². The Bertz CT molecular complexity index is 949. The second-order valence-electron chi connectivity index (χ2n) is 6.74. The predicted molar refractivity (Wildman–Crippen MR) is 106 cm³/mol. The van der Waals surface area contributed by atoms with Crippen LogP contribution >= 0.6 is 0 Å². The third-order valence-electron chi connectivity index (χ3n) is 4.76. The highest BCUT2D eigenvalue weighted by molar-refractivity contribution is 5.65. The summed E-state index contributed by atoms with van der Waals surface area (Å²) in [6.07, 6.45) is 2.25. The van der Waals surface area contributed by atoms with Gasteiger partial charge in [0.2, 0.25) is 0 Å². The van der Waals surface area contributed by atoms with Crippen molar-refractivity contribution in [1.82, 2.24) is 0 Å². The number of hydrogen-bond donors (Lipinski definition) is 0. The molecule has 0 aromatic heterocycles. The first-order valence-corrected chi connectivity index (χ1v) is 9.50. The van der Waals surface area contributed by atoms with E-state index < -0.39 is 11.6 Å². The van der Waals surface area contributed by atoms with Gasteiger partial charge in [-0.3, -0.25) is 0 Å². The molecular weight excluding hydrogens is 361 g/mol. The van der Waals surface area contributed by atoms with Crippen LogP contribution in [-0.2, 0) is 19.4 Å². The fourth-order valence-corrected chi connectivity index (χ4v) is 3.13. The molecule has 0 saturated carbocycles. The minimum absolute atomic E-state index is 0.103. The average Bonchev–Trinajstić information content (AvgIpc) is 2.70. The van der Waals surface area contributed by atoms with Gasteiger partial charge in [-0.15, -0.1) is 0 Å². The zero-order chi connectivity index (χ0) is 20.1. The lowest BCUT2D eigenvalue weighted by molar-refractivity contribution is 0.300. The predicted octanol–water partition coefficient (Wildman–Crippen LogP) is 6.86. The highest BCUT2D eigenvalue weighted by atomic mass is 19.2. The van der Waals surface area contributed by atoms with Crippen LogP contribution in [0.1, 0.15) is 37.0 Å². The lowest BCUT2D eigenvalue weighted by atomic mass is 10.0. The molecular formula is C24H23F3O. The maximum absolute atomic E-state index is 14.3. The Labute approximate surface area is 163 Å². The molecule has 0 saturated heterocycles. The van der Waals surface area contributed by atoms with Gasteiger partial charge in [-0.25, -0.2) is 13.2 Å². The second kappa shape index (κ2) is 8.96. The molecule has 0 spiro atoms. The van der Waals surface area contributed by atoms with E-state index in [-0.39, 0.29) is 18.0 Å². The molecule has 0 bridgehead atoms. The Kier molecular flexibility index (Phi) is 6.40. The number of hydrogen-bond acceptors (Lipinski definition) is 1. The first kappa shape index (κ1) is 20.0. The Hall–Kier alpha value is -2.75. The molecule has 0 amide bonds. The van der Waals surface area contributed by atoms with Gasteiger partial charge in [0.15, 0.2) is 11.6 Å². The Morgan fingerprint density at radius 1 is 0.786 bits per heavy atom. The van der Waals surface area contributed by atoms with Crippen LogP contribution in [0.4, 0.5) is 13.2 Å². The molecule has 0 atom stereocenters. The number of aryl methyl sites for hydroxylation is 2. The van der Waals surface area contributed by atoms with E-state index in [1.807, 2.05) is 6.07 Å². The largest absolute Gasteiger partial charge is 0.489 e. The fourth-order valence-electron chi connectivity index (χ4n) is 3.13. The summed E-state index contributed by atoms with van der Waals surface area (Å²) in [6, 6.07) is 15.0. The lowest BCUT2D eigenvalue weighted by Gasteiger charge is -2.10. The minimum Gasteiger partial charge on any atom is -0.489 e. The van der Waals surface area contributed by atoms with Gasteiger partial charge in [0.25, 0.3) is 0 Å². The van der Waals surface area contributed by atoms with Gasteiger partial charge in [-0.1, -0.05) is 56.7 Å². The molecule has 1 nitrogen and oxygen atoms in total. The van der Waals surface area contributed by atoms with Crippen molar-refractivity contribution in [2.24, 2.45) is 0 Å². The maximum Gasteiger partial charge on any atom is 0.166 e. The van der Waals surface area contributed by atoms with Crippen molar-refractivity contribution in [3.05, 3.63) is 88.7 Å². The molecule has 0 radical (unpaired) electrons. The van der Waals surface area contributed by atoms with Gasteiger partial charge >= 0.3 is 0 Å². The zero-order valence-electron chi connectivity index (χ0n) is 16.1. The Morgan fingerprint density at radius 2 is 1.50 bits per heavy atom. The summed E-state index contributed by atoms with van der Waals surface area (Å²) < 4.78 is 48.1. The number of benzene rings is 3. The van der Waals surface area contributed by atoms with E-state index >= 15 is 0 Å². The first-order chi connectivity index (χ1) is 13.5. The van der Waals surface area contributed by atoms with E-state index in [1.165, 1.54) is 0 Å². The molecule has 0 aliphatic heterocycles. The molecule has 3 aromatic carbocycles. The van der Waals surface area contributed by atoms with Crippen molar-refractivity contribution in [2.45, 2.75) is 39.7 Å². The van der Waals surface area contributed by atoms with E-state index in [4.69, 9.17) is 4.74 Å². The van der Waals surface area contributed by atoms with Crippen molar-refractivity contribution < 1.29 is 17.9 Å². The summed E-state index contributed by atoms with van der Waals surface area (Å²) in [5.74, 6) is -1.40. The molecule has 0 aliphatic rings.